The maximum Gasteiger partial charge on any atom is 0.417 e. The molecule has 0 heterocycles. The largest absolute Gasteiger partial charge is 0.417 e. The van der Waals surface area contributed by atoms with E-state index in [4.69, 9.17) is 11.6 Å². The zero-order valence-electron chi connectivity index (χ0n) is 10.6. The first-order valence-electron chi connectivity index (χ1n) is 6.03. The van der Waals surface area contributed by atoms with Crippen molar-refractivity contribution < 1.29 is 17.6 Å². The summed E-state index contributed by atoms with van der Waals surface area (Å²) in [5, 5.41) is -0.740. The zero-order chi connectivity index (χ0) is 15.6. The minimum absolute atomic E-state index is 0.0477. The highest BCUT2D eigenvalue weighted by molar-refractivity contribution is 9.10. The molecular formula is C15H10BrClF4. The van der Waals surface area contributed by atoms with Gasteiger partial charge in [-0.05, 0) is 35.7 Å². The minimum atomic E-state index is -4.47. The molecule has 0 fully saturated rings. The molecule has 0 nitrogen and oxygen atoms in total. The zero-order valence-corrected chi connectivity index (χ0v) is 12.9. The average molecular weight is 382 g/mol. The molecule has 0 saturated carbocycles. The molecular weight excluding hydrogens is 372 g/mol. The lowest BCUT2D eigenvalue weighted by Crippen LogP contribution is -2.08. The Bertz CT molecular complexity index is 640. The van der Waals surface area contributed by atoms with E-state index in [0.29, 0.717) is 11.1 Å². The van der Waals surface area contributed by atoms with Crippen LogP contribution in [0.2, 0.25) is 0 Å². The fourth-order valence-corrected chi connectivity index (χ4v) is 2.70. The summed E-state index contributed by atoms with van der Waals surface area (Å²) in [5.41, 5.74) is -0.122. The van der Waals surface area contributed by atoms with Crippen molar-refractivity contribution in [3.8, 4) is 0 Å². The van der Waals surface area contributed by atoms with E-state index in [-0.39, 0.29) is 10.9 Å². The monoisotopic (exact) mass is 380 g/mol. The fraction of sp³-hybridized carbons (Fsp3) is 0.200. The second kappa shape index (κ2) is 6.36. The minimum Gasteiger partial charge on any atom is -0.207 e. The summed E-state index contributed by atoms with van der Waals surface area (Å²) in [6, 6.07) is 9.85. The van der Waals surface area contributed by atoms with Crippen molar-refractivity contribution in [2.45, 2.75) is 18.0 Å². The van der Waals surface area contributed by atoms with Gasteiger partial charge in [-0.3, -0.25) is 0 Å². The maximum absolute atomic E-state index is 13.6. The van der Waals surface area contributed by atoms with Crippen molar-refractivity contribution >= 4 is 27.5 Å². The van der Waals surface area contributed by atoms with Crippen LogP contribution >= 0.6 is 27.5 Å². The van der Waals surface area contributed by atoms with E-state index in [0.717, 1.165) is 6.07 Å². The molecule has 0 aliphatic rings. The molecule has 2 aromatic rings. The Kier molecular flexibility index (Phi) is 4.94. The Balaban J connectivity index is 2.28. The average Bonchev–Trinajstić information content (AvgIpc) is 2.40. The van der Waals surface area contributed by atoms with Gasteiger partial charge in [0.15, 0.2) is 0 Å². The van der Waals surface area contributed by atoms with Crippen LogP contribution in [0.25, 0.3) is 0 Å². The van der Waals surface area contributed by atoms with E-state index in [9.17, 15) is 17.6 Å². The van der Waals surface area contributed by atoms with Crippen molar-refractivity contribution in [1.82, 2.24) is 0 Å². The highest BCUT2D eigenvalue weighted by Crippen LogP contribution is 2.37. The first kappa shape index (κ1) is 16.3. The lowest BCUT2D eigenvalue weighted by Gasteiger charge is -2.15. The van der Waals surface area contributed by atoms with E-state index >= 15 is 0 Å². The van der Waals surface area contributed by atoms with Crippen molar-refractivity contribution in [1.29, 1.82) is 0 Å². The molecule has 2 aromatic carbocycles. The van der Waals surface area contributed by atoms with Crippen molar-refractivity contribution in [2.75, 3.05) is 0 Å². The molecule has 0 saturated heterocycles. The molecule has 112 valence electrons. The first-order chi connectivity index (χ1) is 9.79. The molecule has 0 bridgehead atoms. The number of hydrogen-bond donors (Lipinski definition) is 0. The fourth-order valence-electron chi connectivity index (χ4n) is 1.93. The van der Waals surface area contributed by atoms with Gasteiger partial charge in [0.1, 0.15) is 5.82 Å². The number of hydrogen-bond acceptors (Lipinski definition) is 0. The molecule has 0 N–H and O–H groups in total. The molecule has 0 spiro atoms. The van der Waals surface area contributed by atoms with Crippen LogP contribution in [0.5, 0.6) is 0 Å². The Morgan fingerprint density at radius 2 is 1.76 bits per heavy atom. The highest BCUT2D eigenvalue weighted by atomic mass is 79.9. The van der Waals surface area contributed by atoms with Gasteiger partial charge in [0.05, 0.1) is 10.9 Å². The van der Waals surface area contributed by atoms with Gasteiger partial charge in [0.2, 0.25) is 0 Å². The standard InChI is InChI=1S/C15H10BrClF4/c16-12-6-5-9(7-11(12)15(19,20)21)13(17)8-10-3-1-2-4-14(10)18/h1-7,13H,8H2. The van der Waals surface area contributed by atoms with Crippen LogP contribution in [0.1, 0.15) is 22.1 Å². The Labute approximate surface area is 132 Å². The van der Waals surface area contributed by atoms with Crippen LogP contribution in [-0.4, -0.2) is 0 Å². The Morgan fingerprint density at radius 1 is 1.10 bits per heavy atom. The number of halogens is 6. The molecule has 0 aromatic heterocycles. The molecule has 1 atom stereocenters. The molecule has 0 aliphatic carbocycles. The summed E-state index contributed by atoms with van der Waals surface area (Å²) >= 11 is 9.01. The maximum atomic E-state index is 13.6. The predicted molar refractivity (Wildman–Crippen MR) is 77.8 cm³/mol. The van der Waals surface area contributed by atoms with E-state index in [1.165, 1.54) is 18.2 Å². The molecule has 0 radical (unpaired) electrons. The number of benzene rings is 2. The SMILES string of the molecule is Fc1ccccc1CC(Cl)c1ccc(Br)c(C(F)(F)F)c1. The molecule has 2 rings (SSSR count). The van der Waals surface area contributed by atoms with Crippen molar-refractivity contribution in [3.05, 3.63) is 69.4 Å². The summed E-state index contributed by atoms with van der Waals surface area (Å²) in [6.07, 6.45) is -4.35. The van der Waals surface area contributed by atoms with Crippen LogP contribution in [0.4, 0.5) is 17.6 Å². The van der Waals surface area contributed by atoms with E-state index in [1.54, 1.807) is 18.2 Å². The predicted octanol–water partition coefficient (Wildman–Crippen LogP) is 6.13. The molecule has 6 heteroatoms. The lowest BCUT2D eigenvalue weighted by molar-refractivity contribution is -0.138. The molecule has 1 unspecified atom stereocenters. The van der Waals surface area contributed by atoms with Gasteiger partial charge < -0.3 is 0 Å². The summed E-state index contributed by atoms with van der Waals surface area (Å²) in [7, 11) is 0. The summed E-state index contributed by atoms with van der Waals surface area (Å²) < 4.78 is 52.1. The number of rotatable bonds is 3. The third-order valence-corrected chi connectivity index (χ3v) is 4.11. The van der Waals surface area contributed by atoms with Crippen LogP contribution < -0.4 is 0 Å². The third kappa shape index (κ3) is 3.98. The first-order valence-corrected chi connectivity index (χ1v) is 7.26. The van der Waals surface area contributed by atoms with Gasteiger partial charge in [-0.2, -0.15) is 13.2 Å². The Morgan fingerprint density at radius 3 is 2.38 bits per heavy atom. The normalized spacial score (nSPS) is 13.2. The van der Waals surface area contributed by atoms with Gasteiger partial charge >= 0.3 is 6.18 Å². The number of alkyl halides is 4. The van der Waals surface area contributed by atoms with Gasteiger partial charge in [0, 0.05) is 4.47 Å². The van der Waals surface area contributed by atoms with Crippen molar-refractivity contribution in [2.24, 2.45) is 0 Å². The summed E-state index contributed by atoms with van der Waals surface area (Å²) in [5.74, 6) is -0.420. The van der Waals surface area contributed by atoms with Crippen molar-refractivity contribution in [3.63, 3.8) is 0 Å². The van der Waals surface area contributed by atoms with E-state index < -0.39 is 22.9 Å². The molecule has 0 aliphatic heterocycles. The highest BCUT2D eigenvalue weighted by Gasteiger charge is 2.33. The lowest BCUT2D eigenvalue weighted by atomic mass is 10.0. The van der Waals surface area contributed by atoms with E-state index in [1.807, 2.05) is 0 Å². The van der Waals surface area contributed by atoms with Gasteiger partial charge in [-0.15, -0.1) is 11.6 Å². The smallest absolute Gasteiger partial charge is 0.207 e. The van der Waals surface area contributed by atoms with Gasteiger partial charge in [-0.1, -0.05) is 40.2 Å². The van der Waals surface area contributed by atoms with Gasteiger partial charge in [0.25, 0.3) is 0 Å². The second-order valence-electron chi connectivity index (χ2n) is 4.50. The molecule has 21 heavy (non-hydrogen) atoms. The summed E-state index contributed by atoms with van der Waals surface area (Å²) in [4.78, 5) is 0. The molecule has 0 amide bonds. The third-order valence-electron chi connectivity index (χ3n) is 3.01. The van der Waals surface area contributed by atoms with E-state index in [2.05, 4.69) is 15.9 Å². The van der Waals surface area contributed by atoms with Crippen LogP contribution in [0.3, 0.4) is 0 Å². The second-order valence-corrected chi connectivity index (χ2v) is 5.88. The Hall–Kier alpha value is -1.07. The topological polar surface area (TPSA) is 0 Å². The van der Waals surface area contributed by atoms with Gasteiger partial charge in [-0.25, -0.2) is 4.39 Å². The van der Waals surface area contributed by atoms with Crippen LogP contribution in [0.15, 0.2) is 46.9 Å². The van der Waals surface area contributed by atoms with Crippen LogP contribution in [0, 0.1) is 5.82 Å². The van der Waals surface area contributed by atoms with Crippen LogP contribution in [-0.2, 0) is 12.6 Å². The summed E-state index contributed by atoms with van der Waals surface area (Å²) in [6.45, 7) is 0. The quantitative estimate of drug-likeness (QED) is 0.443.